The smallest absolute Gasteiger partial charge is 0.322 e. The largest absolute Gasteiger partial charge is 0.493 e. The van der Waals surface area contributed by atoms with E-state index < -0.39 is 0 Å². The van der Waals surface area contributed by atoms with E-state index in [9.17, 15) is 4.79 Å². The van der Waals surface area contributed by atoms with Gasteiger partial charge in [-0.05, 0) is 73.0 Å². The van der Waals surface area contributed by atoms with Gasteiger partial charge in [-0.25, -0.2) is 4.79 Å². The van der Waals surface area contributed by atoms with Gasteiger partial charge in [0, 0.05) is 46.5 Å². The SMILES string of the molecule is CCn1c2ccccc2c2cc(CN(CCc3ccc(OC)c(OC)c3)C(=O)Nc3ccc(Cl)cc3Cl)ccc21. The predicted octanol–water partition coefficient (Wildman–Crippen LogP) is 8.42. The second-order valence-corrected chi connectivity index (χ2v) is 10.4. The van der Waals surface area contributed by atoms with E-state index in [-0.39, 0.29) is 6.03 Å². The molecule has 0 radical (unpaired) electrons. The van der Waals surface area contributed by atoms with Crippen molar-refractivity contribution in [3.8, 4) is 11.5 Å². The number of halogens is 2. The maximum absolute atomic E-state index is 13.6. The number of para-hydroxylation sites is 1. The number of benzene rings is 4. The molecule has 1 heterocycles. The lowest BCUT2D eigenvalue weighted by atomic mass is 10.1. The Morgan fingerprint density at radius 1 is 0.850 bits per heavy atom. The highest BCUT2D eigenvalue weighted by molar-refractivity contribution is 6.36. The van der Waals surface area contributed by atoms with Gasteiger partial charge in [0.2, 0.25) is 0 Å². The number of urea groups is 1. The summed E-state index contributed by atoms with van der Waals surface area (Å²) in [4.78, 5) is 15.4. The Bertz CT molecular complexity index is 1680. The van der Waals surface area contributed by atoms with Gasteiger partial charge < -0.3 is 24.3 Å². The molecule has 40 heavy (non-hydrogen) atoms. The Kier molecular flexibility index (Phi) is 8.38. The molecule has 5 rings (SSSR count). The molecule has 0 aliphatic heterocycles. The third-order valence-electron chi connectivity index (χ3n) is 7.10. The molecule has 2 amide bonds. The van der Waals surface area contributed by atoms with Crippen molar-refractivity contribution < 1.29 is 14.3 Å². The summed E-state index contributed by atoms with van der Waals surface area (Å²) < 4.78 is 13.2. The van der Waals surface area contributed by atoms with Crippen molar-refractivity contribution in [1.29, 1.82) is 0 Å². The van der Waals surface area contributed by atoms with Crippen LogP contribution >= 0.6 is 23.2 Å². The summed E-state index contributed by atoms with van der Waals surface area (Å²) in [7, 11) is 3.23. The number of carbonyl (C=O) groups is 1. The molecule has 0 bridgehead atoms. The molecule has 1 N–H and O–H groups in total. The average molecular weight is 577 g/mol. The Morgan fingerprint density at radius 3 is 2.35 bits per heavy atom. The molecule has 0 saturated heterocycles. The van der Waals surface area contributed by atoms with Crippen LogP contribution in [0.3, 0.4) is 0 Å². The van der Waals surface area contributed by atoms with Crippen molar-refractivity contribution in [3.63, 3.8) is 0 Å². The highest BCUT2D eigenvalue weighted by atomic mass is 35.5. The zero-order valence-electron chi connectivity index (χ0n) is 22.7. The normalized spacial score (nSPS) is 11.1. The lowest BCUT2D eigenvalue weighted by Gasteiger charge is -2.24. The monoisotopic (exact) mass is 575 g/mol. The van der Waals surface area contributed by atoms with Crippen LogP contribution in [0.2, 0.25) is 10.0 Å². The van der Waals surface area contributed by atoms with Gasteiger partial charge in [0.25, 0.3) is 0 Å². The second-order valence-electron chi connectivity index (χ2n) is 9.53. The average Bonchev–Trinajstić information content (AvgIpc) is 3.29. The van der Waals surface area contributed by atoms with Crippen LogP contribution in [0.5, 0.6) is 11.5 Å². The number of aryl methyl sites for hydroxylation is 1. The number of anilines is 1. The van der Waals surface area contributed by atoms with E-state index in [1.165, 1.54) is 21.8 Å². The van der Waals surface area contributed by atoms with Crippen LogP contribution in [0.15, 0.2) is 78.9 Å². The third kappa shape index (κ3) is 5.69. The van der Waals surface area contributed by atoms with Crippen LogP contribution in [0.4, 0.5) is 10.5 Å². The van der Waals surface area contributed by atoms with Gasteiger partial charge in [-0.15, -0.1) is 0 Å². The lowest BCUT2D eigenvalue weighted by Crippen LogP contribution is -2.36. The summed E-state index contributed by atoms with van der Waals surface area (Å²) in [5.41, 5.74) is 4.96. The summed E-state index contributed by atoms with van der Waals surface area (Å²) in [5, 5.41) is 6.23. The van der Waals surface area contributed by atoms with E-state index in [1.807, 2.05) is 18.2 Å². The molecule has 1 aromatic heterocycles. The number of methoxy groups -OCH3 is 2. The highest BCUT2D eigenvalue weighted by Gasteiger charge is 2.18. The number of nitrogens with one attached hydrogen (secondary N) is 1. The molecule has 8 heteroatoms. The molecule has 0 atom stereocenters. The first-order valence-electron chi connectivity index (χ1n) is 13.1. The van der Waals surface area contributed by atoms with Crippen LogP contribution in [0.25, 0.3) is 21.8 Å². The van der Waals surface area contributed by atoms with Gasteiger partial charge in [0.15, 0.2) is 11.5 Å². The molecule has 5 aromatic rings. The van der Waals surface area contributed by atoms with Gasteiger partial charge >= 0.3 is 6.03 Å². The fraction of sp³-hybridized carbons (Fsp3) is 0.219. The molecule has 0 aliphatic carbocycles. The number of amides is 2. The minimum absolute atomic E-state index is 0.249. The molecule has 0 aliphatic rings. The van der Waals surface area contributed by atoms with Gasteiger partial charge in [-0.3, -0.25) is 0 Å². The molecular formula is C32H31Cl2N3O3. The van der Waals surface area contributed by atoms with E-state index >= 15 is 0 Å². The standard InChI is InChI=1S/C32H31Cl2N3O3/c1-4-37-28-8-6-5-7-24(28)25-17-22(9-13-29(25)37)20-36(32(38)35-27-12-11-23(33)19-26(27)34)16-15-21-10-14-30(39-2)31(18-21)40-3/h5-14,17-19H,4,15-16,20H2,1-3H3,(H,35,38). The van der Waals surface area contributed by atoms with Gasteiger partial charge in [0.1, 0.15) is 0 Å². The van der Waals surface area contributed by atoms with Crippen molar-refractivity contribution in [1.82, 2.24) is 9.47 Å². The molecule has 0 saturated carbocycles. The minimum atomic E-state index is -0.249. The number of fused-ring (bicyclic) bond motifs is 3. The van der Waals surface area contributed by atoms with Gasteiger partial charge in [0.05, 0.1) is 24.9 Å². The van der Waals surface area contributed by atoms with E-state index in [0.29, 0.717) is 46.7 Å². The number of hydrogen-bond donors (Lipinski definition) is 1. The second kappa shape index (κ2) is 12.1. The Labute approximate surface area is 244 Å². The van der Waals surface area contributed by atoms with Crippen LogP contribution in [0.1, 0.15) is 18.1 Å². The fourth-order valence-corrected chi connectivity index (χ4v) is 5.55. The summed E-state index contributed by atoms with van der Waals surface area (Å²) in [6.07, 6.45) is 0.625. The van der Waals surface area contributed by atoms with Gasteiger partial charge in [-0.2, -0.15) is 0 Å². The third-order valence-corrected chi connectivity index (χ3v) is 7.65. The summed E-state index contributed by atoms with van der Waals surface area (Å²) in [6.45, 7) is 3.93. The van der Waals surface area contributed by atoms with Crippen molar-refractivity contribution in [2.75, 3.05) is 26.1 Å². The molecular weight excluding hydrogens is 545 g/mol. The fourth-order valence-electron chi connectivity index (χ4n) is 5.10. The molecule has 0 spiro atoms. The Hall–Kier alpha value is -3.87. The molecule has 0 fully saturated rings. The van der Waals surface area contributed by atoms with E-state index in [0.717, 1.165) is 17.7 Å². The van der Waals surface area contributed by atoms with E-state index in [1.54, 1.807) is 37.3 Å². The van der Waals surface area contributed by atoms with Crippen LogP contribution in [-0.4, -0.2) is 36.3 Å². The van der Waals surface area contributed by atoms with Crippen LogP contribution in [0, 0.1) is 0 Å². The number of hydrogen-bond acceptors (Lipinski definition) is 3. The predicted molar refractivity (Wildman–Crippen MR) is 164 cm³/mol. The minimum Gasteiger partial charge on any atom is -0.493 e. The van der Waals surface area contributed by atoms with Crippen molar-refractivity contribution >= 4 is 56.7 Å². The number of carbonyl (C=O) groups excluding carboxylic acids is 1. The summed E-state index contributed by atoms with van der Waals surface area (Å²) in [6, 6.07) is 25.4. The zero-order chi connectivity index (χ0) is 28.2. The Morgan fingerprint density at radius 2 is 1.60 bits per heavy atom. The molecule has 4 aromatic carbocycles. The maximum atomic E-state index is 13.6. The van der Waals surface area contributed by atoms with Crippen LogP contribution in [-0.2, 0) is 19.5 Å². The van der Waals surface area contributed by atoms with E-state index in [2.05, 4.69) is 59.3 Å². The lowest BCUT2D eigenvalue weighted by molar-refractivity contribution is 0.210. The van der Waals surface area contributed by atoms with E-state index in [4.69, 9.17) is 32.7 Å². The molecule has 6 nitrogen and oxygen atoms in total. The first-order chi connectivity index (χ1) is 19.4. The topological polar surface area (TPSA) is 55.7 Å². The van der Waals surface area contributed by atoms with Crippen molar-refractivity contribution in [2.45, 2.75) is 26.4 Å². The summed E-state index contributed by atoms with van der Waals surface area (Å²) >= 11 is 12.4. The first kappa shape index (κ1) is 27.7. The highest BCUT2D eigenvalue weighted by Crippen LogP contribution is 2.31. The van der Waals surface area contributed by atoms with Gasteiger partial charge in [-0.1, -0.05) is 53.5 Å². The first-order valence-corrected chi connectivity index (χ1v) is 13.9. The Balaban J connectivity index is 1.45. The number of nitrogens with zero attached hydrogens (tertiary/aromatic N) is 2. The number of ether oxygens (including phenoxy) is 2. The maximum Gasteiger partial charge on any atom is 0.322 e. The molecule has 206 valence electrons. The zero-order valence-corrected chi connectivity index (χ0v) is 24.2. The molecule has 0 unspecified atom stereocenters. The van der Waals surface area contributed by atoms with Crippen molar-refractivity contribution in [3.05, 3.63) is 100 Å². The van der Waals surface area contributed by atoms with Crippen LogP contribution < -0.4 is 14.8 Å². The van der Waals surface area contributed by atoms with Crippen molar-refractivity contribution in [2.24, 2.45) is 0 Å². The summed E-state index contributed by atoms with van der Waals surface area (Å²) in [5.74, 6) is 1.32. The quantitative estimate of drug-likeness (QED) is 0.192. The number of rotatable bonds is 9. The number of aromatic nitrogens is 1.